The molecule has 1 nitrogen and oxygen atoms in total. The number of rotatable bonds is 6. The third kappa shape index (κ3) is 3.51. The zero-order valence-electron chi connectivity index (χ0n) is 19.4. The zero-order chi connectivity index (χ0) is 20.8. The smallest absolute Gasteiger partial charge is 0.146 e. The molecule has 4 aliphatic rings. The number of carbonyl (C=O) groups is 1. The topological polar surface area (TPSA) is 17.1 Å². The van der Waals surface area contributed by atoms with Gasteiger partial charge in [0.25, 0.3) is 0 Å². The Balaban J connectivity index is 1.53. The highest BCUT2D eigenvalue weighted by atomic mass is 16.1. The summed E-state index contributed by atoms with van der Waals surface area (Å²) in [5.41, 5.74) is 3.12. The van der Waals surface area contributed by atoms with E-state index < -0.39 is 0 Å². The summed E-state index contributed by atoms with van der Waals surface area (Å²) >= 11 is 0. The van der Waals surface area contributed by atoms with Crippen LogP contribution in [0, 0.1) is 46.3 Å². The number of hydrogen-bond donors (Lipinski definition) is 0. The van der Waals surface area contributed by atoms with Crippen LogP contribution >= 0.6 is 0 Å². The summed E-state index contributed by atoms with van der Waals surface area (Å²) in [6.07, 6.45) is 21.0. The first-order valence-electron chi connectivity index (χ1n) is 12.3. The second-order valence-corrected chi connectivity index (χ2v) is 11.8. The Morgan fingerprint density at radius 2 is 1.86 bits per heavy atom. The first kappa shape index (κ1) is 21.1. The minimum absolute atomic E-state index is 0.159. The van der Waals surface area contributed by atoms with Crippen LogP contribution in [-0.2, 0) is 4.79 Å². The van der Waals surface area contributed by atoms with Gasteiger partial charge in [-0.2, -0.15) is 0 Å². The van der Waals surface area contributed by atoms with E-state index in [1.54, 1.807) is 0 Å². The molecule has 0 aromatic rings. The van der Waals surface area contributed by atoms with Crippen molar-refractivity contribution in [1.82, 2.24) is 0 Å². The van der Waals surface area contributed by atoms with E-state index in [1.807, 2.05) is 6.08 Å². The molecule has 0 radical (unpaired) electrons. The molecule has 29 heavy (non-hydrogen) atoms. The van der Waals surface area contributed by atoms with Crippen LogP contribution in [0.4, 0.5) is 0 Å². The van der Waals surface area contributed by atoms with E-state index in [0.717, 1.165) is 42.0 Å². The van der Waals surface area contributed by atoms with Crippen LogP contribution < -0.4 is 0 Å². The van der Waals surface area contributed by atoms with Gasteiger partial charge >= 0.3 is 0 Å². The van der Waals surface area contributed by atoms with Crippen molar-refractivity contribution >= 4 is 6.29 Å². The summed E-state index contributed by atoms with van der Waals surface area (Å²) in [5, 5.41) is 0. The second kappa shape index (κ2) is 7.86. The highest BCUT2D eigenvalue weighted by Gasteiger charge is 2.58. The molecule has 1 heteroatoms. The molecule has 0 saturated heterocycles. The van der Waals surface area contributed by atoms with Gasteiger partial charge in [-0.25, -0.2) is 0 Å². The van der Waals surface area contributed by atoms with Crippen molar-refractivity contribution in [1.29, 1.82) is 0 Å². The average molecular weight is 395 g/mol. The van der Waals surface area contributed by atoms with E-state index in [9.17, 15) is 4.79 Å². The predicted octanol–water partition coefficient (Wildman–Crippen LogP) is 7.54. The minimum Gasteiger partial charge on any atom is -0.298 e. The van der Waals surface area contributed by atoms with E-state index in [-0.39, 0.29) is 5.41 Å². The molecular weight excluding hydrogens is 352 g/mol. The van der Waals surface area contributed by atoms with Gasteiger partial charge in [-0.05, 0) is 84.2 Å². The van der Waals surface area contributed by atoms with Crippen molar-refractivity contribution < 1.29 is 4.79 Å². The highest BCUT2D eigenvalue weighted by Crippen LogP contribution is 2.66. The Hall–Kier alpha value is -1.11. The van der Waals surface area contributed by atoms with Crippen molar-refractivity contribution in [2.24, 2.45) is 46.3 Å². The molecule has 160 valence electrons. The van der Waals surface area contributed by atoms with Crippen molar-refractivity contribution in [2.45, 2.75) is 86.0 Å². The standard InChI is InChI=1S/C28H42O/c1-19(2)7-6-8-20(3)24-13-14-25-23-12-11-22-10-9-21(18-29)17-28(22,5)26(23)15-16-27(24,25)4/h9-12,18-20,23-26H,6-8,13-17H2,1-5H3/t20-,23+,24-,25+,26+,27-,28+/m1/s1. The van der Waals surface area contributed by atoms with Crippen molar-refractivity contribution in [3.63, 3.8) is 0 Å². The van der Waals surface area contributed by atoms with Crippen LogP contribution in [0.5, 0.6) is 0 Å². The molecular formula is C28H42O. The summed E-state index contributed by atoms with van der Waals surface area (Å²) < 4.78 is 0. The molecule has 0 unspecified atom stereocenters. The van der Waals surface area contributed by atoms with E-state index >= 15 is 0 Å². The molecule has 4 rings (SSSR count). The largest absolute Gasteiger partial charge is 0.298 e. The number of allylic oxidation sites excluding steroid dienone is 6. The molecule has 2 saturated carbocycles. The Morgan fingerprint density at radius 1 is 1.07 bits per heavy atom. The maximum atomic E-state index is 11.5. The average Bonchev–Trinajstić information content (AvgIpc) is 3.04. The summed E-state index contributed by atoms with van der Waals surface area (Å²) in [6.45, 7) is 12.3. The third-order valence-electron chi connectivity index (χ3n) is 9.71. The van der Waals surface area contributed by atoms with E-state index in [2.05, 4.69) is 52.8 Å². The van der Waals surface area contributed by atoms with Gasteiger partial charge in [0.05, 0.1) is 0 Å². The van der Waals surface area contributed by atoms with Gasteiger partial charge in [0.15, 0.2) is 0 Å². The quantitative estimate of drug-likeness (QED) is 0.425. The molecule has 0 bridgehead atoms. The fourth-order valence-electron chi connectivity index (χ4n) is 8.09. The van der Waals surface area contributed by atoms with Gasteiger partial charge < -0.3 is 0 Å². The fraction of sp³-hybridized carbons (Fsp3) is 0.750. The first-order chi connectivity index (χ1) is 13.8. The SMILES string of the molecule is CC(C)CCC[C@@H](C)[C@H]1CC[C@H]2[C@@H]3C=CC4=CC=C(C=O)C[C@]4(C)[C@H]3CC[C@]12C. The number of hydrogen-bond acceptors (Lipinski definition) is 1. The summed E-state index contributed by atoms with van der Waals surface area (Å²) in [7, 11) is 0. The molecule has 2 fully saturated rings. The lowest BCUT2D eigenvalue weighted by atomic mass is 9.48. The lowest BCUT2D eigenvalue weighted by Crippen LogP contribution is -2.49. The van der Waals surface area contributed by atoms with E-state index in [4.69, 9.17) is 0 Å². The maximum Gasteiger partial charge on any atom is 0.146 e. The van der Waals surface area contributed by atoms with Gasteiger partial charge in [-0.1, -0.05) is 78.2 Å². The van der Waals surface area contributed by atoms with Crippen molar-refractivity contribution in [3.05, 3.63) is 35.5 Å². The zero-order valence-corrected chi connectivity index (χ0v) is 19.4. The summed E-state index contributed by atoms with van der Waals surface area (Å²) in [6, 6.07) is 0. The Labute approximate surface area is 179 Å². The molecule has 0 aliphatic heterocycles. The lowest BCUT2D eigenvalue weighted by Gasteiger charge is -2.56. The second-order valence-electron chi connectivity index (χ2n) is 11.8. The van der Waals surface area contributed by atoms with Gasteiger partial charge in [-0.3, -0.25) is 4.79 Å². The van der Waals surface area contributed by atoms with Gasteiger partial charge in [-0.15, -0.1) is 0 Å². The maximum absolute atomic E-state index is 11.5. The van der Waals surface area contributed by atoms with Gasteiger partial charge in [0, 0.05) is 5.41 Å². The van der Waals surface area contributed by atoms with Crippen molar-refractivity contribution in [2.75, 3.05) is 0 Å². The Morgan fingerprint density at radius 3 is 2.59 bits per heavy atom. The molecule has 0 aromatic heterocycles. The number of fused-ring (bicyclic) bond motifs is 5. The molecule has 0 N–H and O–H groups in total. The highest BCUT2D eigenvalue weighted by molar-refractivity contribution is 5.75. The fourth-order valence-corrected chi connectivity index (χ4v) is 8.09. The lowest BCUT2D eigenvalue weighted by molar-refractivity contribution is -0.105. The first-order valence-corrected chi connectivity index (χ1v) is 12.3. The van der Waals surface area contributed by atoms with Crippen LogP contribution in [0.2, 0.25) is 0 Å². The summed E-state index contributed by atoms with van der Waals surface area (Å²) in [5.74, 6) is 4.83. The van der Waals surface area contributed by atoms with Crippen molar-refractivity contribution in [3.8, 4) is 0 Å². The molecule has 7 atom stereocenters. The summed E-state index contributed by atoms with van der Waals surface area (Å²) in [4.78, 5) is 11.5. The predicted molar refractivity (Wildman–Crippen MR) is 122 cm³/mol. The molecule has 0 spiro atoms. The molecule has 0 heterocycles. The van der Waals surface area contributed by atoms with Crippen LogP contribution in [0.1, 0.15) is 86.0 Å². The minimum atomic E-state index is 0.159. The molecule has 0 amide bonds. The van der Waals surface area contributed by atoms with Crippen LogP contribution in [-0.4, -0.2) is 6.29 Å². The third-order valence-corrected chi connectivity index (χ3v) is 9.71. The number of aldehydes is 1. The van der Waals surface area contributed by atoms with Gasteiger partial charge in [0.2, 0.25) is 0 Å². The Kier molecular flexibility index (Phi) is 5.73. The van der Waals surface area contributed by atoms with Crippen LogP contribution in [0.25, 0.3) is 0 Å². The Bertz CT molecular complexity index is 725. The van der Waals surface area contributed by atoms with Crippen LogP contribution in [0.3, 0.4) is 0 Å². The normalized spacial score (nSPS) is 41.9. The van der Waals surface area contributed by atoms with E-state index in [0.29, 0.717) is 17.3 Å². The molecule has 0 aromatic carbocycles. The molecule has 4 aliphatic carbocycles. The van der Waals surface area contributed by atoms with Crippen LogP contribution in [0.15, 0.2) is 35.5 Å². The van der Waals surface area contributed by atoms with Gasteiger partial charge in [0.1, 0.15) is 6.29 Å². The number of carbonyl (C=O) groups excluding carboxylic acids is 1. The van der Waals surface area contributed by atoms with E-state index in [1.165, 1.54) is 50.5 Å². The monoisotopic (exact) mass is 394 g/mol.